The van der Waals surface area contributed by atoms with Crippen molar-refractivity contribution in [2.24, 2.45) is 17.6 Å². The number of nitrogens with two attached hydrogens (primary N) is 1. The van der Waals surface area contributed by atoms with Gasteiger partial charge in [0.25, 0.3) is 5.91 Å². The molecule has 1 aliphatic carbocycles. The third-order valence-electron chi connectivity index (χ3n) is 4.65. The van der Waals surface area contributed by atoms with E-state index in [1.807, 2.05) is 0 Å². The SMILES string of the molecule is NC1CCCC2CN(C(=O)c3c(O)cccc3F)CC12. The molecule has 5 heteroatoms. The van der Waals surface area contributed by atoms with Gasteiger partial charge < -0.3 is 15.7 Å². The minimum Gasteiger partial charge on any atom is -0.507 e. The van der Waals surface area contributed by atoms with E-state index in [-0.39, 0.29) is 17.4 Å². The highest BCUT2D eigenvalue weighted by Gasteiger charge is 2.41. The molecule has 1 saturated heterocycles. The third kappa shape index (κ3) is 2.16. The third-order valence-corrected chi connectivity index (χ3v) is 4.65. The lowest BCUT2D eigenvalue weighted by molar-refractivity contribution is 0.0775. The van der Waals surface area contributed by atoms with Crippen LogP contribution in [0.4, 0.5) is 4.39 Å². The van der Waals surface area contributed by atoms with Gasteiger partial charge in [-0.2, -0.15) is 0 Å². The van der Waals surface area contributed by atoms with Gasteiger partial charge >= 0.3 is 0 Å². The van der Waals surface area contributed by atoms with E-state index in [0.29, 0.717) is 24.9 Å². The summed E-state index contributed by atoms with van der Waals surface area (Å²) in [4.78, 5) is 14.1. The van der Waals surface area contributed by atoms with Gasteiger partial charge in [0.15, 0.2) is 0 Å². The molecule has 2 fully saturated rings. The number of halogens is 1. The number of phenols is 1. The number of likely N-dealkylation sites (tertiary alicyclic amines) is 1. The van der Waals surface area contributed by atoms with Crippen LogP contribution in [0.25, 0.3) is 0 Å². The molecular weight excluding hydrogens is 259 g/mol. The largest absolute Gasteiger partial charge is 0.507 e. The second-order valence-corrected chi connectivity index (χ2v) is 5.86. The number of carbonyl (C=O) groups excluding carboxylic acids is 1. The second-order valence-electron chi connectivity index (χ2n) is 5.86. The highest BCUT2D eigenvalue weighted by molar-refractivity contribution is 5.97. The molecule has 2 aliphatic rings. The van der Waals surface area contributed by atoms with Gasteiger partial charge in [-0.05, 0) is 36.8 Å². The first-order valence-corrected chi connectivity index (χ1v) is 7.10. The van der Waals surface area contributed by atoms with Crippen molar-refractivity contribution in [3.05, 3.63) is 29.6 Å². The van der Waals surface area contributed by atoms with Crippen LogP contribution in [0.15, 0.2) is 18.2 Å². The molecule has 1 aromatic carbocycles. The zero-order chi connectivity index (χ0) is 14.3. The molecule has 3 atom stereocenters. The van der Waals surface area contributed by atoms with Gasteiger partial charge in [0, 0.05) is 19.1 Å². The van der Waals surface area contributed by atoms with Crippen LogP contribution in [0, 0.1) is 17.7 Å². The number of carbonyl (C=O) groups is 1. The Balaban J connectivity index is 1.82. The maximum atomic E-state index is 13.8. The number of nitrogens with zero attached hydrogens (tertiary/aromatic N) is 1. The predicted octanol–water partition coefficient (Wildman–Crippen LogP) is 1.73. The number of aromatic hydroxyl groups is 1. The van der Waals surface area contributed by atoms with E-state index >= 15 is 0 Å². The quantitative estimate of drug-likeness (QED) is 0.822. The molecule has 4 nitrogen and oxygen atoms in total. The minimum atomic E-state index is -0.672. The lowest BCUT2D eigenvalue weighted by Gasteiger charge is -2.29. The standard InChI is InChI=1S/C15H19FN2O2/c16-11-4-2-6-13(19)14(11)15(20)18-7-9-3-1-5-12(17)10(9)8-18/h2,4,6,9-10,12,19H,1,3,5,7-8,17H2. The number of hydrogen-bond donors (Lipinski definition) is 2. The second kappa shape index (κ2) is 5.05. The van der Waals surface area contributed by atoms with Crippen molar-refractivity contribution in [2.75, 3.05) is 13.1 Å². The molecule has 0 radical (unpaired) electrons. The molecule has 0 bridgehead atoms. The molecule has 20 heavy (non-hydrogen) atoms. The van der Waals surface area contributed by atoms with Gasteiger partial charge in [-0.25, -0.2) is 4.39 Å². The Hall–Kier alpha value is -1.62. The Morgan fingerprint density at radius 3 is 2.85 bits per heavy atom. The lowest BCUT2D eigenvalue weighted by atomic mass is 9.78. The maximum absolute atomic E-state index is 13.8. The van der Waals surface area contributed by atoms with Crippen LogP contribution in [-0.4, -0.2) is 35.0 Å². The molecule has 1 heterocycles. The molecule has 1 amide bonds. The Morgan fingerprint density at radius 1 is 1.35 bits per heavy atom. The molecule has 1 aliphatic heterocycles. The fraction of sp³-hybridized carbons (Fsp3) is 0.533. The minimum absolute atomic E-state index is 0.126. The van der Waals surface area contributed by atoms with E-state index in [9.17, 15) is 14.3 Å². The summed E-state index contributed by atoms with van der Waals surface area (Å²) in [6.07, 6.45) is 3.16. The summed E-state index contributed by atoms with van der Waals surface area (Å²) in [5.74, 6) is -0.677. The van der Waals surface area contributed by atoms with E-state index in [0.717, 1.165) is 19.3 Å². The summed E-state index contributed by atoms with van der Waals surface area (Å²) in [6, 6.07) is 4.05. The summed E-state index contributed by atoms with van der Waals surface area (Å²) in [5.41, 5.74) is 5.90. The molecule has 108 valence electrons. The molecule has 0 aromatic heterocycles. The molecule has 3 rings (SSSR count). The first-order valence-electron chi connectivity index (χ1n) is 7.10. The van der Waals surface area contributed by atoms with E-state index in [2.05, 4.69) is 0 Å². The van der Waals surface area contributed by atoms with E-state index < -0.39 is 11.7 Å². The summed E-state index contributed by atoms with van der Waals surface area (Å²) in [7, 11) is 0. The Kier molecular flexibility index (Phi) is 3.38. The molecule has 3 N–H and O–H groups in total. The van der Waals surface area contributed by atoms with Crippen molar-refractivity contribution in [1.82, 2.24) is 4.90 Å². The Morgan fingerprint density at radius 2 is 2.15 bits per heavy atom. The van der Waals surface area contributed by atoms with Gasteiger partial charge in [-0.3, -0.25) is 4.79 Å². The number of amides is 1. The summed E-state index contributed by atoms with van der Waals surface area (Å²) in [6.45, 7) is 1.18. The number of phenolic OH excluding ortho intramolecular Hbond substituents is 1. The lowest BCUT2D eigenvalue weighted by Crippen LogP contribution is -2.38. The average Bonchev–Trinajstić information content (AvgIpc) is 2.84. The summed E-state index contributed by atoms with van der Waals surface area (Å²) < 4.78 is 13.8. The highest BCUT2D eigenvalue weighted by Crippen LogP contribution is 2.36. The van der Waals surface area contributed by atoms with Crippen LogP contribution in [0.5, 0.6) is 5.75 Å². The van der Waals surface area contributed by atoms with E-state index in [1.165, 1.54) is 18.2 Å². The summed E-state index contributed by atoms with van der Waals surface area (Å²) in [5, 5.41) is 9.72. The van der Waals surface area contributed by atoms with Crippen molar-refractivity contribution in [1.29, 1.82) is 0 Å². The van der Waals surface area contributed by atoms with Crippen LogP contribution >= 0.6 is 0 Å². The van der Waals surface area contributed by atoms with Crippen molar-refractivity contribution < 1.29 is 14.3 Å². The zero-order valence-corrected chi connectivity index (χ0v) is 11.3. The van der Waals surface area contributed by atoms with Crippen LogP contribution in [-0.2, 0) is 0 Å². The molecule has 0 spiro atoms. The van der Waals surface area contributed by atoms with Gasteiger partial charge in [0.05, 0.1) is 0 Å². The van der Waals surface area contributed by atoms with E-state index in [4.69, 9.17) is 5.73 Å². The number of fused-ring (bicyclic) bond motifs is 1. The van der Waals surface area contributed by atoms with Crippen LogP contribution in [0.1, 0.15) is 29.6 Å². The van der Waals surface area contributed by atoms with E-state index in [1.54, 1.807) is 4.90 Å². The van der Waals surface area contributed by atoms with Crippen molar-refractivity contribution in [2.45, 2.75) is 25.3 Å². The molecule has 3 unspecified atom stereocenters. The van der Waals surface area contributed by atoms with Gasteiger partial charge in [0.2, 0.25) is 0 Å². The van der Waals surface area contributed by atoms with Crippen LogP contribution < -0.4 is 5.73 Å². The topological polar surface area (TPSA) is 66.6 Å². The van der Waals surface area contributed by atoms with Crippen molar-refractivity contribution in [3.8, 4) is 5.75 Å². The number of benzene rings is 1. The van der Waals surface area contributed by atoms with Crippen LogP contribution in [0.2, 0.25) is 0 Å². The van der Waals surface area contributed by atoms with Crippen molar-refractivity contribution in [3.63, 3.8) is 0 Å². The van der Waals surface area contributed by atoms with Gasteiger partial charge in [-0.15, -0.1) is 0 Å². The van der Waals surface area contributed by atoms with Gasteiger partial charge in [-0.1, -0.05) is 12.5 Å². The summed E-state index contributed by atoms with van der Waals surface area (Å²) >= 11 is 0. The Labute approximate surface area is 117 Å². The molecular formula is C15H19FN2O2. The maximum Gasteiger partial charge on any atom is 0.260 e. The number of rotatable bonds is 1. The smallest absolute Gasteiger partial charge is 0.260 e. The van der Waals surface area contributed by atoms with Gasteiger partial charge in [0.1, 0.15) is 17.1 Å². The Bertz CT molecular complexity index is 514. The molecule has 1 saturated carbocycles. The normalized spacial score (nSPS) is 29.3. The van der Waals surface area contributed by atoms with Crippen molar-refractivity contribution >= 4 is 5.91 Å². The fourth-order valence-electron chi connectivity index (χ4n) is 3.57. The number of hydrogen-bond acceptors (Lipinski definition) is 3. The average molecular weight is 278 g/mol. The first kappa shape index (κ1) is 13.4. The van der Waals surface area contributed by atoms with Crippen LogP contribution in [0.3, 0.4) is 0 Å². The first-order chi connectivity index (χ1) is 9.58. The zero-order valence-electron chi connectivity index (χ0n) is 11.3. The predicted molar refractivity (Wildman–Crippen MR) is 72.8 cm³/mol. The highest BCUT2D eigenvalue weighted by atomic mass is 19.1. The molecule has 1 aromatic rings. The monoisotopic (exact) mass is 278 g/mol. The fourth-order valence-corrected chi connectivity index (χ4v) is 3.57.